The predicted molar refractivity (Wildman–Crippen MR) is 85.7 cm³/mol. The molecular weight excluding hydrogens is 246 g/mol. The monoisotopic (exact) mass is 281 g/mol. The van der Waals surface area contributed by atoms with Gasteiger partial charge in [-0.1, -0.05) is 33.6 Å². The molecule has 2 rings (SSSR count). The fourth-order valence-corrected chi connectivity index (χ4v) is 4.28. The zero-order valence-corrected chi connectivity index (χ0v) is 13.9. The first-order valence-electron chi connectivity index (χ1n) is 9.00. The second kappa shape index (κ2) is 7.79. The summed E-state index contributed by atoms with van der Waals surface area (Å²) < 4.78 is 0. The van der Waals surface area contributed by atoms with Gasteiger partial charge >= 0.3 is 0 Å². The van der Waals surface area contributed by atoms with Crippen molar-refractivity contribution in [3.05, 3.63) is 0 Å². The van der Waals surface area contributed by atoms with Crippen molar-refractivity contribution >= 4 is 0 Å². The molecular formula is C18H35NO. The quantitative estimate of drug-likeness (QED) is 0.825. The molecule has 0 aromatic heterocycles. The van der Waals surface area contributed by atoms with Gasteiger partial charge in [-0.2, -0.15) is 0 Å². The molecule has 0 amide bonds. The van der Waals surface area contributed by atoms with Crippen LogP contribution in [0.25, 0.3) is 0 Å². The van der Waals surface area contributed by atoms with Gasteiger partial charge < -0.3 is 10.0 Å². The molecule has 3 unspecified atom stereocenters. The Morgan fingerprint density at radius 1 is 1.10 bits per heavy atom. The van der Waals surface area contributed by atoms with Gasteiger partial charge in [-0.05, 0) is 68.9 Å². The summed E-state index contributed by atoms with van der Waals surface area (Å²) in [5, 5.41) is 10.3. The van der Waals surface area contributed by atoms with Crippen LogP contribution in [0.2, 0.25) is 0 Å². The molecule has 2 fully saturated rings. The fourth-order valence-electron chi connectivity index (χ4n) is 4.28. The Kier molecular flexibility index (Phi) is 6.35. The summed E-state index contributed by atoms with van der Waals surface area (Å²) in [5.74, 6) is 3.11. The number of likely N-dealkylation sites (tertiary alicyclic amines) is 1. The van der Waals surface area contributed by atoms with Crippen LogP contribution in [0, 0.1) is 23.7 Å². The van der Waals surface area contributed by atoms with E-state index in [1.807, 2.05) is 0 Å². The third kappa shape index (κ3) is 4.46. The predicted octanol–water partition coefficient (Wildman–Crippen LogP) is 3.93. The van der Waals surface area contributed by atoms with Crippen LogP contribution in [-0.4, -0.2) is 35.7 Å². The number of aliphatic hydroxyl groups is 1. The maximum atomic E-state index is 10.3. The van der Waals surface area contributed by atoms with Crippen LogP contribution in [0.3, 0.4) is 0 Å². The minimum Gasteiger partial charge on any atom is -0.393 e. The van der Waals surface area contributed by atoms with Crippen molar-refractivity contribution < 1.29 is 5.11 Å². The molecule has 2 aliphatic rings. The Bertz CT molecular complexity index is 271. The molecule has 2 nitrogen and oxygen atoms in total. The maximum absolute atomic E-state index is 10.3. The third-order valence-corrected chi connectivity index (χ3v) is 5.82. The summed E-state index contributed by atoms with van der Waals surface area (Å²) in [6.07, 6.45) is 8.96. The highest BCUT2D eigenvalue weighted by molar-refractivity contribution is 4.84. The van der Waals surface area contributed by atoms with Crippen molar-refractivity contribution in [1.82, 2.24) is 4.90 Å². The van der Waals surface area contributed by atoms with Gasteiger partial charge in [0, 0.05) is 6.54 Å². The molecule has 2 heteroatoms. The van der Waals surface area contributed by atoms with Gasteiger partial charge in [-0.25, -0.2) is 0 Å². The largest absolute Gasteiger partial charge is 0.393 e. The number of hydrogen-bond donors (Lipinski definition) is 1. The number of aliphatic hydroxyl groups excluding tert-OH is 1. The zero-order chi connectivity index (χ0) is 14.5. The topological polar surface area (TPSA) is 23.5 Å². The lowest BCUT2D eigenvalue weighted by Crippen LogP contribution is -2.42. The molecule has 0 radical (unpaired) electrons. The minimum absolute atomic E-state index is 0.0432. The molecule has 1 saturated carbocycles. The molecule has 1 N–H and O–H groups in total. The van der Waals surface area contributed by atoms with Crippen molar-refractivity contribution in [2.45, 2.75) is 71.8 Å². The average molecular weight is 281 g/mol. The molecule has 0 aromatic carbocycles. The molecule has 3 atom stereocenters. The summed E-state index contributed by atoms with van der Waals surface area (Å²) in [6, 6.07) is 0. The van der Waals surface area contributed by atoms with E-state index < -0.39 is 0 Å². The summed E-state index contributed by atoms with van der Waals surface area (Å²) in [5.41, 5.74) is 0. The molecule has 0 spiro atoms. The van der Waals surface area contributed by atoms with Gasteiger partial charge in [0.25, 0.3) is 0 Å². The Balaban J connectivity index is 1.77. The van der Waals surface area contributed by atoms with E-state index in [-0.39, 0.29) is 6.10 Å². The molecule has 1 saturated heterocycles. The van der Waals surface area contributed by atoms with Crippen molar-refractivity contribution in [1.29, 1.82) is 0 Å². The van der Waals surface area contributed by atoms with Gasteiger partial charge in [0.1, 0.15) is 0 Å². The number of rotatable bonds is 5. The van der Waals surface area contributed by atoms with E-state index in [4.69, 9.17) is 0 Å². The second-order valence-corrected chi connectivity index (χ2v) is 7.68. The van der Waals surface area contributed by atoms with Crippen LogP contribution < -0.4 is 0 Å². The van der Waals surface area contributed by atoms with E-state index in [0.717, 1.165) is 30.7 Å². The molecule has 1 aliphatic carbocycles. The lowest BCUT2D eigenvalue weighted by atomic mass is 9.74. The van der Waals surface area contributed by atoms with Gasteiger partial charge in [0.2, 0.25) is 0 Å². The van der Waals surface area contributed by atoms with Gasteiger partial charge in [0.15, 0.2) is 0 Å². The van der Waals surface area contributed by atoms with E-state index in [9.17, 15) is 5.11 Å². The van der Waals surface area contributed by atoms with Gasteiger partial charge in [-0.3, -0.25) is 0 Å². The Hall–Kier alpha value is -0.0800. The highest BCUT2D eigenvalue weighted by Gasteiger charge is 2.32. The Morgan fingerprint density at radius 2 is 1.80 bits per heavy atom. The van der Waals surface area contributed by atoms with Crippen LogP contribution in [0.4, 0.5) is 0 Å². The molecule has 1 heterocycles. The number of piperidine rings is 1. The summed E-state index contributed by atoms with van der Waals surface area (Å²) in [4.78, 5) is 2.63. The zero-order valence-electron chi connectivity index (χ0n) is 13.9. The number of nitrogens with zero attached hydrogens (tertiary/aromatic N) is 1. The van der Waals surface area contributed by atoms with Crippen LogP contribution >= 0.6 is 0 Å². The van der Waals surface area contributed by atoms with Crippen LogP contribution in [0.15, 0.2) is 0 Å². The lowest BCUT2D eigenvalue weighted by Gasteiger charge is -2.40. The SMILES string of the molecule is CCCC1CCN(CC2CC(C(C)C)CCC2O)CC1. The minimum atomic E-state index is -0.0432. The summed E-state index contributed by atoms with van der Waals surface area (Å²) in [6.45, 7) is 10.7. The van der Waals surface area contributed by atoms with Crippen molar-refractivity contribution in [2.75, 3.05) is 19.6 Å². The molecule has 0 bridgehead atoms. The molecule has 1 aliphatic heterocycles. The highest BCUT2D eigenvalue weighted by atomic mass is 16.3. The lowest BCUT2D eigenvalue weighted by molar-refractivity contribution is 0.0125. The first kappa shape index (κ1) is 16.3. The first-order valence-corrected chi connectivity index (χ1v) is 9.00. The normalized spacial score (nSPS) is 33.8. The average Bonchev–Trinajstić information content (AvgIpc) is 2.43. The first-order chi connectivity index (χ1) is 9.60. The van der Waals surface area contributed by atoms with E-state index in [0.29, 0.717) is 5.92 Å². The third-order valence-electron chi connectivity index (χ3n) is 5.82. The van der Waals surface area contributed by atoms with Crippen LogP contribution in [0.5, 0.6) is 0 Å². The van der Waals surface area contributed by atoms with E-state index >= 15 is 0 Å². The van der Waals surface area contributed by atoms with Crippen molar-refractivity contribution in [3.8, 4) is 0 Å². The Labute approximate surface area is 125 Å². The van der Waals surface area contributed by atoms with Gasteiger partial charge in [-0.15, -0.1) is 0 Å². The molecule has 118 valence electrons. The van der Waals surface area contributed by atoms with E-state index in [2.05, 4.69) is 25.7 Å². The van der Waals surface area contributed by atoms with Crippen LogP contribution in [0.1, 0.15) is 65.7 Å². The molecule has 20 heavy (non-hydrogen) atoms. The summed E-state index contributed by atoms with van der Waals surface area (Å²) >= 11 is 0. The highest BCUT2D eigenvalue weighted by Crippen LogP contribution is 2.35. The fraction of sp³-hybridized carbons (Fsp3) is 1.00. The van der Waals surface area contributed by atoms with Crippen molar-refractivity contribution in [2.24, 2.45) is 23.7 Å². The number of hydrogen-bond acceptors (Lipinski definition) is 2. The van der Waals surface area contributed by atoms with Crippen molar-refractivity contribution in [3.63, 3.8) is 0 Å². The summed E-state index contributed by atoms with van der Waals surface area (Å²) in [7, 11) is 0. The smallest absolute Gasteiger partial charge is 0.0580 e. The standard InChI is InChI=1S/C18H35NO/c1-4-5-15-8-10-19(11-9-15)13-17-12-16(14(2)3)6-7-18(17)20/h14-18,20H,4-13H2,1-3H3. The molecule has 0 aromatic rings. The van der Waals surface area contributed by atoms with E-state index in [1.54, 1.807) is 0 Å². The Morgan fingerprint density at radius 3 is 2.40 bits per heavy atom. The second-order valence-electron chi connectivity index (χ2n) is 7.68. The van der Waals surface area contributed by atoms with E-state index in [1.165, 1.54) is 51.6 Å². The van der Waals surface area contributed by atoms with Gasteiger partial charge in [0.05, 0.1) is 6.10 Å². The van der Waals surface area contributed by atoms with Crippen LogP contribution in [-0.2, 0) is 0 Å². The maximum Gasteiger partial charge on any atom is 0.0580 e.